The van der Waals surface area contributed by atoms with E-state index in [0.717, 1.165) is 25.1 Å². The molecule has 0 unspecified atom stereocenters. The van der Waals surface area contributed by atoms with Crippen molar-refractivity contribution in [3.63, 3.8) is 0 Å². The van der Waals surface area contributed by atoms with Crippen LogP contribution in [0.2, 0.25) is 0 Å². The number of thiazole rings is 1. The van der Waals surface area contributed by atoms with E-state index in [2.05, 4.69) is 0 Å². The molecule has 5 heteroatoms. The number of rotatable bonds is 5. The number of aryl methyl sites for hydroxylation is 1. The van der Waals surface area contributed by atoms with Crippen LogP contribution in [0, 0.1) is 6.92 Å². The Balaban J connectivity index is 1.94. The Morgan fingerprint density at radius 3 is 2.68 bits per heavy atom. The van der Waals surface area contributed by atoms with Gasteiger partial charge in [0.1, 0.15) is 0 Å². The van der Waals surface area contributed by atoms with Crippen molar-refractivity contribution in [1.29, 1.82) is 0 Å². The summed E-state index contributed by atoms with van der Waals surface area (Å²) in [4.78, 5) is 25.9. The largest absolute Gasteiger partial charge is 0.340 e. The molecule has 1 fully saturated rings. The van der Waals surface area contributed by atoms with Gasteiger partial charge in [0, 0.05) is 36.6 Å². The maximum absolute atomic E-state index is 12.3. The van der Waals surface area contributed by atoms with E-state index in [-0.39, 0.29) is 10.8 Å². The summed E-state index contributed by atoms with van der Waals surface area (Å²) in [6.45, 7) is 5.24. The fourth-order valence-corrected chi connectivity index (χ4v) is 3.64. The van der Waals surface area contributed by atoms with Gasteiger partial charge in [-0.3, -0.25) is 9.59 Å². The van der Waals surface area contributed by atoms with Crippen molar-refractivity contribution in [2.24, 2.45) is 0 Å². The van der Waals surface area contributed by atoms with Crippen molar-refractivity contribution in [3.05, 3.63) is 20.7 Å². The third kappa shape index (κ3) is 3.26. The van der Waals surface area contributed by atoms with E-state index in [1.807, 2.05) is 24.1 Å². The van der Waals surface area contributed by atoms with Crippen LogP contribution in [0.25, 0.3) is 0 Å². The van der Waals surface area contributed by atoms with Crippen LogP contribution >= 0.6 is 11.3 Å². The van der Waals surface area contributed by atoms with Crippen molar-refractivity contribution in [2.45, 2.75) is 58.5 Å². The van der Waals surface area contributed by atoms with Gasteiger partial charge in [0.2, 0.25) is 5.91 Å². The predicted molar refractivity (Wildman–Crippen MR) is 77.6 cm³/mol. The van der Waals surface area contributed by atoms with Crippen molar-refractivity contribution in [3.8, 4) is 0 Å². The molecule has 0 spiro atoms. The third-order valence-corrected chi connectivity index (χ3v) is 4.83. The number of amides is 1. The van der Waals surface area contributed by atoms with E-state index in [0.29, 0.717) is 19.0 Å². The standard InChI is InChI=1S/C14H22N2O2S/c1-3-15(12-6-4-5-7-12)13(17)8-9-16-11(2)10-19-14(16)18/h10,12H,3-9H2,1-2H3. The van der Waals surface area contributed by atoms with Crippen molar-refractivity contribution < 1.29 is 4.79 Å². The van der Waals surface area contributed by atoms with E-state index >= 15 is 0 Å². The Morgan fingerprint density at radius 2 is 2.16 bits per heavy atom. The molecular formula is C14H22N2O2S. The van der Waals surface area contributed by atoms with Gasteiger partial charge >= 0.3 is 4.87 Å². The molecule has 2 rings (SSSR count). The lowest BCUT2D eigenvalue weighted by Crippen LogP contribution is -2.39. The molecule has 0 atom stereocenters. The van der Waals surface area contributed by atoms with Crippen LogP contribution < -0.4 is 4.87 Å². The summed E-state index contributed by atoms with van der Waals surface area (Å²) >= 11 is 1.20. The van der Waals surface area contributed by atoms with Crippen LogP contribution in [0.5, 0.6) is 0 Å². The topological polar surface area (TPSA) is 42.3 Å². The minimum atomic E-state index is 0.0363. The maximum atomic E-state index is 12.3. The highest BCUT2D eigenvalue weighted by molar-refractivity contribution is 7.07. The lowest BCUT2D eigenvalue weighted by atomic mass is 10.2. The molecule has 1 amide bonds. The van der Waals surface area contributed by atoms with Gasteiger partial charge in [0.15, 0.2) is 0 Å². The minimum Gasteiger partial charge on any atom is -0.340 e. The number of hydrogen-bond acceptors (Lipinski definition) is 3. The Kier molecular flexibility index (Phi) is 4.80. The minimum absolute atomic E-state index is 0.0363. The number of nitrogens with zero attached hydrogens (tertiary/aromatic N) is 2. The average molecular weight is 282 g/mol. The van der Waals surface area contributed by atoms with Gasteiger partial charge in [-0.05, 0) is 26.7 Å². The SMILES string of the molecule is CCN(C(=O)CCn1c(C)csc1=O)C1CCCC1. The second-order valence-electron chi connectivity index (χ2n) is 5.16. The van der Waals surface area contributed by atoms with Crippen LogP contribution in [0.15, 0.2) is 10.2 Å². The monoisotopic (exact) mass is 282 g/mol. The van der Waals surface area contributed by atoms with Crippen molar-refractivity contribution in [2.75, 3.05) is 6.54 Å². The average Bonchev–Trinajstić information content (AvgIpc) is 3.00. The lowest BCUT2D eigenvalue weighted by Gasteiger charge is -2.27. The normalized spacial score (nSPS) is 15.9. The van der Waals surface area contributed by atoms with E-state index in [4.69, 9.17) is 0 Å². The fourth-order valence-electron chi connectivity index (χ4n) is 2.88. The van der Waals surface area contributed by atoms with Crippen LogP contribution in [-0.2, 0) is 11.3 Å². The first-order valence-corrected chi connectivity index (χ1v) is 7.96. The summed E-state index contributed by atoms with van der Waals surface area (Å²) < 4.78 is 1.70. The predicted octanol–water partition coefficient (Wildman–Crippen LogP) is 2.40. The zero-order valence-corrected chi connectivity index (χ0v) is 12.5. The molecule has 1 aromatic rings. The molecule has 0 N–H and O–H groups in total. The van der Waals surface area contributed by atoms with Gasteiger partial charge < -0.3 is 9.47 Å². The van der Waals surface area contributed by atoms with Crippen LogP contribution in [0.3, 0.4) is 0 Å². The number of hydrogen-bond donors (Lipinski definition) is 0. The van der Waals surface area contributed by atoms with Gasteiger partial charge in [0.25, 0.3) is 0 Å². The van der Waals surface area contributed by atoms with E-state index in [1.54, 1.807) is 4.57 Å². The van der Waals surface area contributed by atoms with E-state index in [9.17, 15) is 9.59 Å². The van der Waals surface area contributed by atoms with Gasteiger partial charge in [0.05, 0.1) is 0 Å². The third-order valence-electron chi connectivity index (χ3n) is 3.95. The number of carbonyl (C=O) groups is 1. The van der Waals surface area contributed by atoms with Crippen LogP contribution in [0.1, 0.15) is 44.7 Å². The molecule has 0 aromatic carbocycles. The van der Waals surface area contributed by atoms with Crippen LogP contribution in [-0.4, -0.2) is 28.0 Å². The Hall–Kier alpha value is -1.10. The number of carbonyl (C=O) groups excluding carboxylic acids is 1. The highest BCUT2D eigenvalue weighted by Crippen LogP contribution is 2.23. The summed E-state index contributed by atoms with van der Waals surface area (Å²) in [5.74, 6) is 0.187. The van der Waals surface area contributed by atoms with Gasteiger partial charge in [-0.15, -0.1) is 0 Å². The molecule has 1 heterocycles. The molecule has 106 valence electrons. The van der Waals surface area contributed by atoms with Gasteiger partial charge in [-0.25, -0.2) is 0 Å². The fraction of sp³-hybridized carbons (Fsp3) is 0.714. The zero-order valence-electron chi connectivity index (χ0n) is 11.7. The maximum Gasteiger partial charge on any atom is 0.307 e. The Morgan fingerprint density at radius 1 is 1.47 bits per heavy atom. The first-order chi connectivity index (χ1) is 9.13. The molecule has 1 aliphatic rings. The number of aromatic nitrogens is 1. The van der Waals surface area contributed by atoms with Crippen molar-refractivity contribution >= 4 is 17.2 Å². The summed E-state index contributed by atoms with van der Waals surface area (Å²) in [5, 5.41) is 1.85. The van der Waals surface area contributed by atoms with Crippen LogP contribution in [0.4, 0.5) is 0 Å². The Labute approximate surface area is 118 Å². The van der Waals surface area contributed by atoms with Gasteiger partial charge in [-0.1, -0.05) is 24.2 Å². The molecule has 0 bridgehead atoms. The summed E-state index contributed by atoms with van der Waals surface area (Å²) in [6.07, 6.45) is 5.17. The molecule has 0 aliphatic heterocycles. The molecule has 4 nitrogen and oxygen atoms in total. The smallest absolute Gasteiger partial charge is 0.307 e. The summed E-state index contributed by atoms with van der Waals surface area (Å²) in [7, 11) is 0. The molecule has 1 aromatic heterocycles. The summed E-state index contributed by atoms with van der Waals surface area (Å²) in [5.41, 5.74) is 0.951. The first kappa shape index (κ1) is 14.3. The lowest BCUT2D eigenvalue weighted by molar-refractivity contribution is -0.133. The zero-order chi connectivity index (χ0) is 13.8. The van der Waals surface area contributed by atoms with Crippen molar-refractivity contribution in [1.82, 2.24) is 9.47 Å². The Bertz CT molecular complexity index is 486. The molecule has 0 radical (unpaired) electrons. The second kappa shape index (κ2) is 6.37. The molecule has 19 heavy (non-hydrogen) atoms. The molecule has 1 saturated carbocycles. The molecule has 1 aliphatic carbocycles. The van der Waals surface area contributed by atoms with E-state index in [1.165, 1.54) is 24.2 Å². The van der Waals surface area contributed by atoms with Gasteiger partial charge in [-0.2, -0.15) is 0 Å². The second-order valence-corrected chi connectivity index (χ2v) is 5.98. The highest BCUT2D eigenvalue weighted by atomic mass is 32.1. The van der Waals surface area contributed by atoms with E-state index < -0.39 is 0 Å². The quantitative estimate of drug-likeness (QED) is 0.832. The highest BCUT2D eigenvalue weighted by Gasteiger charge is 2.25. The molecular weight excluding hydrogens is 260 g/mol. The molecule has 0 saturated heterocycles. The first-order valence-electron chi connectivity index (χ1n) is 7.08. The summed E-state index contributed by atoms with van der Waals surface area (Å²) in [6, 6.07) is 0.429.